The van der Waals surface area contributed by atoms with Crippen molar-refractivity contribution in [1.29, 1.82) is 0 Å². The van der Waals surface area contributed by atoms with Crippen molar-refractivity contribution in [3.8, 4) is 0 Å². The fourth-order valence-electron chi connectivity index (χ4n) is 4.95. The van der Waals surface area contributed by atoms with Gasteiger partial charge in [0.05, 0.1) is 34.2 Å². The first kappa shape index (κ1) is 36.9. The maximum Gasteiger partial charge on any atom is 0.309 e. The van der Waals surface area contributed by atoms with Crippen LogP contribution in [-0.4, -0.2) is 56.8 Å². The normalized spacial score (nSPS) is 12.4. The van der Waals surface area contributed by atoms with Crippen molar-refractivity contribution < 1.29 is 23.5 Å². The molecule has 0 rings (SSSR count). The molecule has 0 aliphatic heterocycles. The van der Waals surface area contributed by atoms with Gasteiger partial charge in [-0.15, -0.1) is 0 Å². The molecule has 5 heteroatoms. The van der Waals surface area contributed by atoms with Crippen LogP contribution < -0.4 is 0 Å². The molecule has 0 fully saturated rings. The number of esters is 2. The second kappa shape index (κ2) is 26.1. The highest BCUT2D eigenvalue weighted by Gasteiger charge is 2.25. The molecule has 0 aromatic carbocycles. The van der Waals surface area contributed by atoms with Crippen LogP contribution in [0.3, 0.4) is 0 Å². The monoisotopic (exact) mass is 540 g/mol. The summed E-state index contributed by atoms with van der Waals surface area (Å²) in [4.78, 5) is 24.9. The minimum Gasteiger partial charge on any atom is -0.466 e. The van der Waals surface area contributed by atoms with Crippen LogP contribution in [-0.2, 0) is 19.1 Å². The zero-order valence-corrected chi connectivity index (χ0v) is 26.3. The number of hydrogen-bond acceptors (Lipinski definition) is 4. The van der Waals surface area contributed by atoms with E-state index in [1.54, 1.807) is 0 Å². The Hall–Kier alpha value is -1.10. The lowest BCUT2D eigenvalue weighted by molar-refractivity contribution is -0.873. The number of hydrogen-bond donors (Lipinski definition) is 0. The van der Waals surface area contributed by atoms with Crippen molar-refractivity contribution in [2.45, 2.75) is 168 Å². The van der Waals surface area contributed by atoms with Gasteiger partial charge in [0.15, 0.2) is 6.10 Å². The second-order valence-electron chi connectivity index (χ2n) is 12.5. The maximum absolute atomic E-state index is 12.5. The molecule has 0 spiro atoms. The predicted molar refractivity (Wildman–Crippen MR) is 161 cm³/mol. The topological polar surface area (TPSA) is 52.6 Å². The largest absolute Gasteiger partial charge is 0.466 e. The van der Waals surface area contributed by atoms with Crippen LogP contribution in [0.15, 0.2) is 0 Å². The Morgan fingerprint density at radius 1 is 0.553 bits per heavy atom. The molecule has 0 N–H and O–H groups in total. The molecular formula is C33H66NO4+. The molecule has 38 heavy (non-hydrogen) atoms. The number of unbranched alkanes of at least 4 members (excludes halogenated alkanes) is 19. The Labute approximate surface area is 237 Å². The average molecular weight is 541 g/mol. The number of rotatable bonds is 28. The van der Waals surface area contributed by atoms with Crippen molar-refractivity contribution in [2.75, 3.05) is 34.3 Å². The molecule has 0 saturated heterocycles. The summed E-state index contributed by atoms with van der Waals surface area (Å²) in [6.45, 7) is 5.59. The van der Waals surface area contributed by atoms with Crippen LogP contribution in [0.2, 0.25) is 0 Å². The molecule has 0 amide bonds. The number of quaternary nitrogens is 1. The van der Waals surface area contributed by atoms with Gasteiger partial charge in [0.2, 0.25) is 0 Å². The number of carbonyl (C=O) groups is 2. The molecule has 0 aliphatic carbocycles. The minimum atomic E-state index is -0.421. The molecule has 0 bridgehead atoms. The van der Waals surface area contributed by atoms with E-state index in [1.165, 1.54) is 109 Å². The van der Waals surface area contributed by atoms with Gasteiger partial charge in [-0.3, -0.25) is 9.59 Å². The first-order valence-corrected chi connectivity index (χ1v) is 16.4. The first-order valence-electron chi connectivity index (χ1n) is 16.4. The Morgan fingerprint density at radius 2 is 0.947 bits per heavy atom. The SMILES string of the molecule is CCCCCCCCCCCCCCC(=O)O[C@H](CC(=O)OCCCCCCCCCCC)C[N+](C)(C)C. The Bertz CT molecular complexity index is 544. The second-order valence-corrected chi connectivity index (χ2v) is 12.5. The molecule has 0 aliphatic rings. The third-order valence-corrected chi connectivity index (χ3v) is 7.19. The predicted octanol–water partition coefficient (Wildman–Crippen LogP) is 9.16. The highest BCUT2D eigenvalue weighted by Crippen LogP contribution is 2.14. The quantitative estimate of drug-likeness (QED) is 0.0564. The van der Waals surface area contributed by atoms with Gasteiger partial charge in [0, 0.05) is 6.42 Å². The van der Waals surface area contributed by atoms with Gasteiger partial charge in [-0.1, -0.05) is 136 Å². The van der Waals surface area contributed by atoms with E-state index in [0.717, 1.165) is 25.7 Å². The van der Waals surface area contributed by atoms with E-state index in [2.05, 4.69) is 35.0 Å². The first-order chi connectivity index (χ1) is 18.3. The fourth-order valence-corrected chi connectivity index (χ4v) is 4.95. The summed E-state index contributed by atoms with van der Waals surface area (Å²) in [5.74, 6) is -0.427. The summed E-state index contributed by atoms with van der Waals surface area (Å²) in [6, 6.07) is 0. The Morgan fingerprint density at radius 3 is 1.37 bits per heavy atom. The van der Waals surface area contributed by atoms with Crippen LogP contribution in [0.1, 0.15) is 162 Å². The van der Waals surface area contributed by atoms with E-state index in [9.17, 15) is 9.59 Å². The summed E-state index contributed by atoms with van der Waals surface area (Å²) >= 11 is 0. The average Bonchev–Trinajstić information content (AvgIpc) is 2.84. The lowest BCUT2D eigenvalue weighted by Gasteiger charge is -2.28. The molecule has 5 nitrogen and oxygen atoms in total. The van der Waals surface area contributed by atoms with Crippen molar-refractivity contribution in [3.05, 3.63) is 0 Å². The van der Waals surface area contributed by atoms with Crippen LogP contribution in [0.5, 0.6) is 0 Å². The highest BCUT2D eigenvalue weighted by molar-refractivity contribution is 5.72. The van der Waals surface area contributed by atoms with Crippen molar-refractivity contribution in [3.63, 3.8) is 0 Å². The molecule has 226 valence electrons. The lowest BCUT2D eigenvalue weighted by atomic mass is 10.0. The number of likely N-dealkylation sites (N-methyl/N-ethyl adjacent to an activating group) is 1. The van der Waals surface area contributed by atoms with E-state index in [4.69, 9.17) is 9.47 Å². The summed E-state index contributed by atoms with van der Waals surface area (Å²) in [5, 5.41) is 0. The van der Waals surface area contributed by atoms with Gasteiger partial charge < -0.3 is 14.0 Å². The molecule has 0 aromatic rings. The van der Waals surface area contributed by atoms with Crippen LogP contribution in [0.4, 0.5) is 0 Å². The summed E-state index contributed by atoms with van der Waals surface area (Å²) in [6.07, 6.45) is 26.6. The van der Waals surface area contributed by atoms with Crippen LogP contribution >= 0.6 is 0 Å². The molecule has 0 unspecified atom stereocenters. The molecule has 0 radical (unpaired) electrons. The third kappa shape index (κ3) is 27.9. The number of carbonyl (C=O) groups excluding carboxylic acids is 2. The van der Waals surface area contributed by atoms with E-state index in [1.807, 2.05) is 0 Å². The van der Waals surface area contributed by atoms with Crippen molar-refractivity contribution >= 4 is 11.9 Å². The van der Waals surface area contributed by atoms with E-state index >= 15 is 0 Å². The standard InChI is InChI=1S/C33H66NO4/c1-6-8-10-12-14-16-17-18-19-21-23-25-27-32(35)38-31(30-34(3,4)5)29-33(36)37-28-26-24-22-20-15-13-11-9-7-2/h31H,6-30H2,1-5H3/q+1/t31-/m1/s1. The minimum absolute atomic E-state index is 0.150. The van der Waals surface area contributed by atoms with Crippen molar-refractivity contribution in [2.24, 2.45) is 0 Å². The summed E-state index contributed by atoms with van der Waals surface area (Å²) in [5.41, 5.74) is 0. The van der Waals surface area contributed by atoms with Gasteiger partial charge in [0.25, 0.3) is 0 Å². The van der Waals surface area contributed by atoms with Gasteiger partial charge in [-0.25, -0.2) is 0 Å². The molecule has 0 saturated carbocycles. The lowest BCUT2D eigenvalue weighted by Crippen LogP contribution is -2.44. The van der Waals surface area contributed by atoms with Crippen molar-refractivity contribution in [1.82, 2.24) is 0 Å². The highest BCUT2D eigenvalue weighted by atomic mass is 16.6. The van der Waals surface area contributed by atoms with Crippen LogP contribution in [0, 0.1) is 0 Å². The zero-order chi connectivity index (χ0) is 28.3. The Kier molecular flexibility index (Phi) is 25.4. The molecule has 0 aromatic heterocycles. The summed E-state index contributed by atoms with van der Waals surface area (Å²) in [7, 11) is 6.17. The molecular weight excluding hydrogens is 474 g/mol. The zero-order valence-electron chi connectivity index (χ0n) is 26.3. The maximum atomic E-state index is 12.5. The smallest absolute Gasteiger partial charge is 0.309 e. The molecule has 1 atom stereocenters. The van der Waals surface area contributed by atoms with Gasteiger partial charge in [-0.05, 0) is 12.8 Å². The van der Waals surface area contributed by atoms with E-state index in [-0.39, 0.29) is 18.4 Å². The van der Waals surface area contributed by atoms with Gasteiger partial charge >= 0.3 is 11.9 Å². The summed E-state index contributed by atoms with van der Waals surface area (Å²) < 4.78 is 11.9. The number of ether oxygens (including phenoxy) is 2. The van der Waals surface area contributed by atoms with Gasteiger partial charge in [-0.2, -0.15) is 0 Å². The van der Waals surface area contributed by atoms with Gasteiger partial charge in [0.1, 0.15) is 6.54 Å². The Balaban J connectivity index is 3.95. The van der Waals surface area contributed by atoms with E-state index in [0.29, 0.717) is 24.1 Å². The number of nitrogens with zero attached hydrogens (tertiary/aromatic N) is 1. The van der Waals surface area contributed by atoms with E-state index < -0.39 is 6.10 Å². The third-order valence-electron chi connectivity index (χ3n) is 7.19. The van der Waals surface area contributed by atoms with Crippen LogP contribution in [0.25, 0.3) is 0 Å². The fraction of sp³-hybridized carbons (Fsp3) is 0.939. The molecule has 0 heterocycles.